The summed E-state index contributed by atoms with van der Waals surface area (Å²) in [6.07, 6.45) is 6.80. The van der Waals surface area contributed by atoms with Crippen molar-refractivity contribution >= 4 is 5.57 Å². The SMILES string of the molecule is OC1(O)CC=C(c2ccncc2)CC1. The van der Waals surface area contributed by atoms with Crippen molar-refractivity contribution in [3.05, 3.63) is 36.2 Å². The lowest BCUT2D eigenvalue weighted by Gasteiger charge is -2.25. The van der Waals surface area contributed by atoms with Gasteiger partial charge in [0.1, 0.15) is 0 Å². The molecule has 0 aliphatic heterocycles. The Kier molecular flexibility index (Phi) is 2.35. The summed E-state index contributed by atoms with van der Waals surface area (Å²) in [5.74, 6) is -1.50. The highest BCUT2D eigenvalue weighted by Gasteiger charge is 2.25. The summed E-state index contributed by atoms with van der Waals surface area (Å²) >= 11 is 0. The van der Waals surface area contributed by atoms with Crippen molar-refractivity contribution < 1.29 is 10.2 Å². The van der Waals surface area contributed by atoms with Gasteiger partial charge < -0.3 is 10.2 Å². The molecule has 2 N–H and O–H groups in total. The predicted molar refractivity (Wildman–Crippen MR) is 53.2 cm³/mol. The lowest BCUT2D eigenvalue weighted by atomic mass is 9.90. The van der Waals surface area contributed by atoms with Crippen LogP contribution in [0.3, 0.4) is 0 Å². The highest BCUT2D eigenvalue weighted by Crippen LogP contribution is 2.30. The van der Waals surface area contributed by atoms with Gasteiger partial charge >= 0.3 is 0 Å². The summed E-state index contributed by atoms with van der Waals surface area (Å²) in [7, 11) is 0. The number of nitrogens with zero attached hydrogens (tertiary/aromatic N) is 1. The predicted octanol–water partition coefficient (Wildman–Crippen LogP) is 1.33. The first kappa shape index (κ1) is 9.37. The van der Waals surface area contributed by atoms with Crippen LogP contribution in [-0.4, -0.2) is 21.0 Å². The van der Waals surface area contributed by atoms with Gasteiger partial charge in [0.25, 0.3) is 0 Å². The van der Waals surface area contributed by atoms with Gasteiger partial charge in [0, 0.05) is 25.2 Å². The minimum atomic E-state index is -1.50. The van der Waals surface area contributed by atoms with Gasteiger partial charge in [-0.3, -0.25) is 4.98 Å². The van der Waals surface area contributed by atoms with Crippen molar-refractivity contribution in [2.75, 3.05) is 0 Å². The molecule has 0 atom stereocenters. The lowest BCUT2D eigenvalue weighted by Crippen LogP contribution is -2.29. The Morgan fingerprint density at radius 1 is 1.21 bits per heavy atom. The zero-order valence-electron chi connectivity index (χ0n) is 7.85. The molecule has 14 heavy (non-hydrogen) atoms. The number of hydrogen-bond acceptors (Lipinski definition) is 3. The summed E-state index contributed by atoms with van der Waals surface area (Å²) in [5.41, 5.74) is 2.29. The lowest BCUT2D eigenvalue weighted by molar-refractivity contribution is -0.163. The first-order chi connectivity index (χ1) is 6.67. The molecule has 0 amide bonds. The van der Waals surface area contributed by atoms with Crippen molar-refractivity contribution in [2.24, 2.45) is 0 Å². The molecule has 3 nitrogen and oxygen atoms in total. The van der Waals surface area contributed by atoms with Gasteiger partial charge in [-0.05, 0) is 29.7 Å². The van der Waals surface area contributed by atoms with Crippen molar-refractivity contribution in [1.82, 2.24) is 4.98 Å². The number of hydrogen-bond donors (Lipinski definition) is 2. The van der Waals surface area contributed by atoms with E-state index >= 15 is 0 Å². The number of pyridine rings is 1. The molecule has 2 rings (SSSR count). The second-order valence-electron chi connectivity index (χ2n) is 3.65. The summed E-state index contributed by atoms with van der Waals surface area (Å²) in [4.78, 5) is 3.94. The van der Waals surface area contributed by atoms with Crippen LogP contribution >= 0.6 is 0 Å². The van der Waals surface area contributed by atoms with E-state index in [4.69, 9.17) is 0 Å². The third-order valence-electron chi connectivity index (χ3n) is 2.52. The molecule has 3 heteroatoms. The van der Waals surface area contributed by atoms with E-state index in [1.165, 1.54) is 5.57 Å². The quantitative estimate of drug-likeness (QED) is 0.658. The van der Waals surface area contributed by atoms with Gasteiger partial charge in [-0.15, -0.1) is 0 Å². The van der Waals surface area contributed by atoms with Gasteiger partial charge in [0.15, 0.2) is 5.79 Å². The van der Waals surface area contributed by atoms with E-state index in [0.29, 0.717) is 19.3 Å². The molecule has 1 aromatic rings. The van der Waals surface area contributed by atoms with Crippen LogP contribution in [0.1, 0.15) is 24.8 Å². The van der Waals surface area contributed by atoms with Gasteiger partial charge in [0.2, 0.25) is 0 Å². The van der Waals surface area contributed by atoms with E-state index < -0.39 is 5.79 Å². The first-order valence-corrected chi connectivity index (χ1v) is 4.72. The Morgan fingerprint density at radius 2 is 1.93 bits per heavy atom. The van der Waals surface area contributed by atoms with Crippen LogP contribution < -0.4 is 0 Å². The molecule has 1 aliphatic carbocycles. The van der Waals surface area contributed by atoms with Crippen molar-refractivity contribution in [3.8, 4) is 0 Å². The maximum absolute atomic E-state index is 9.34. The van der Waals surface area contributed by atoms with Crippen molar-refractivity contribution in [3.63, 3.8) is 0 Å². The Bertz CT molecular complexity index is 344. The normalized spacial score (nSPS) is 20.3. The van der Waals surface area contributed by atoms with Gasteiger partial charge in [-0.2, -0.15) is 0 Å². The van der Waals surface area contributed by atoms with E-state index in [1.807, 2.05) is 18.2 Å². The summed E-state index contributed by atoms with van der Waals surface area (Å²) < 4.78 is 0. The molecule has 1 heterocycles. The largest absolute Gasteiger partial charge is 0.365 e. The Balaban J connectivity index is 2.19. The third-order valence-corrected chi connectivity index (χ3v) is 2.52. The fourth-order valence-corrected chi connectivity index (χ4v) is 1.65. The summed E-state index contributed by atoms with van der Waals surface area (Å²) in [6.45, 7) is 0. The molecular weight excluding hydrogens is 178 g/mol. The van der Waals surface area contributed by atoms with E-state index in [2.05, 4.69) is 4.98 Å². The van der Waals surface area contributed by atoms with Crippen LogP contribution in [0.15, 0.2) is 30.6 Å². The van der Waals surface area contributed by atoms with Crippen LogP contribution in [-0.2, 0) is 0 Å². The fraction of sp³-hybridized carbons (Fsp3) is 0.364. The second kappa shape index (κ2) is 3.52. The standard InChI is InChI=1S/C11H13NO2/c13-11(14)5-1-9(2-6-11)10-3-7-12-8-4-10/h1,3-4,7-8,13-14H,2,5-6H2. The minimum Gasteiger partial charge on any atom is -0.365 e. The Labute approximate surface area is 82.7 Å². The molecule has 0 radical (unpaired) electrons. The molecular formula is C11H13NO2. The molecule has 0 bridgehead atoms. The minimum absolute atomic E-state index is 0.310. The van der Waals surface area contributed by atoms with Gasteiger partial charge in [-0.1, -0.05) is 6.08 Å². The molecule has 0 spiro atoms. The average molecular weight is 191 g/mol. The molecule has 74 valence electrons. The van der Waals surface area contributed by atoms with Crippen LogP contribution in [0.2, 0.25) is 0 Å². The van der Waals surface area contributed by atoms with Crippen LogP contribution in [0.25, 0.3) is 5.57 Å². The first-order valence-electron chi connectivity index (χ1n) is 4.72. The van der Waals surface area contributed by atoms with Crippen LogP contribution in [0.5, 0.6) is 0 Å². The summed E-state index contributed by atoms with van der Waals surface area (Å²) in [5, 5.41) is 18.7. The highest BCUT2D eigenvalue weighted by molar-refractivity contribution is 5.65. The molecule has 1 aliphatic rings. The fourth-order valence-electron chi connectivity index (χ4n) is 1.65. The van der Waals surface area contributed by atoms with Gasteiger partial charge in [0.05, 0.1) is 0 Å². The molecule has 0 aromatic carbocycles. The number of rotatable bonds is 1. The van der Waals surface area contributed by atoms with Crippen molar-refractivity contribution in [2.45, 2.75) is 25.0 Å². The monoisotopic (exact) mass is 191 g/mol. The maximum atomic E-state index is 9.34. The average Bonchev–Trinajstić information content (AvgIpc) is 2.19. The molecule has 0 saturated carbocycles. The van der Waals surface area contributed by atoms with Crippen LogP contribution in [0.4, 0.5) is 0 Å². The molecule has 0 saturated heterocycles. The number of aliphatic hydroxyl groups is 2. The Morgan fingerprint density at radius 3 is 2.50 bits per heavy atom. The third kappa shape index (κ3) is 2.00. The van der Waals surface area contributed by atoms with Crippen LogP contribution in [0, 0.1) is 0 Å². The highest BCUT2D eigenvalue weighted by atomic mass is 16.5. The van der Waals surface area contributed by atoms with E-state index in [1.54, 1.807) is 12.4 Å². The second-order valence-corrected chi connectivity index (χ2v) is 3.65. The molecule has 0 unspecified atom stereocenters. The zero-order chi connectivity index (χ0) is 10.0. The Hall–Kier alpha value is -1.19. The number of allylic oxidation sites excluding steroid dienone is 1. The van der Waals surface area contributed by atoms with E-state index in [9.17, 15) is 10.2 Å². The maximum Gasteiger partial charge on any atom is 0.166 e. The smallest absolute Gasteiger partial charge is 0.166 e. The number of aromatic nitrogens is 1. The van der Waals surface area contributed by atoms with E-state index in [-0.39, 0.29) is 0 Å². The van der Waals surface area contributed by atoms with Gasteiger partial charge in [-0.25, -0.2) is 0 Å². The zero-order valence-corrected chi connectivity index (χ0v) is 7.85. The summed E-state index contributed by atoms with van der Waals surface area (Å²) in [6, 6.07) is 3.88. The topological polar surface area (TPSA) is 53.4 Å². The van der Waals surface area contributed by atoms with E-state index in [0.717, 1.165) is 5.56 Å². The molecule has 1 aromatic heterocycles. The van der Waals surface area contributed by atoms with Crippen molar-refractivity contribution in [1.29, 1.82) is 0 Å². The molecule has 0 fully saturated rings.